The molecule has 4 nitrogen and oxygen atoms in total. The minimum absolute atomic E-state index is 0.503. The summed E-state index contributed by atoms with van der Waals surface area (Å²) in [5, 5.41) is 10.2. The molecule has 1 aliphatic heterocycles. The molecule has 1 saturated heterocycles. The topological polar surface area (TPSA) is 66.4 Å². The molecule has 0 aromatic carbocycles. The molecular weight excluding hydrogens is 223 g/mol. The zero-order valence-electron chi connectivity index (χ0n) is 7.13. The summed E-state index contributed by atoms with van der Waals surface area (Å²) in [5.41, 5.74) is 0. The highest BCUT2D eigenvalue weighted by Crippen LogP contribution is 2.13. The molecule has 2 N–H and O–H groups in total. The van der Waals surface area contributed by atoms with Crippen LogP contribution in [0.25, 0.3) is 0 Å². The summed E-state index contributed by atoms with van der Waals surface area (Å²) in [6.07, 6.45) is -5.08. The standard InChI is InChI=1S/C4H9NOS.C2HF3O2/c6-7-3-1-5-2-4-7;3-2(4,5)1(6)7/h5H,1-4H2;(H,6,7). The van der Waals surface area contributed by atoms with E-state index in [0.717, 1.165) is 24.6 Å². The van der Waals surface area contributed by atoms with Gasteiger partial charge in [0.15, 0.2) is 0 Å². The Hall–Kier alpha value is -0.630. The van der Waals surface area contributed by atoms with Crippen LogP contribution in [0.3, 0.4) is 0 Å². The smallest absolute Gasteiger partial charge is 0.475 e. The summed E-state index contributed by atoms with van der Waals surface area (Å²) in [6, 6.07) is 0. The minimum Gasteiger partial charge on any atom is -0.475 e. The van der Waals surface area contributed by atoms with Gasteiger partial charge in [-0.05, 0) is 0 Å². The van der Waals surface area contributed by atoms with Crippen LogP contribution in [0, 0.1) is 0 Å². The molecule has 1 aliphatic rings. The maximum Gasteiger partial charge on any atom is 0.490 e. The van der Waals surface area contributed by atoms with Gasteiger partial charge in [0.05, 0.1) is 0 Å². The molecular formula is C6H10F3NO3S. The van der Waals surface area contributed by atoms with E-state index in [1.54, 1.807) is 0 Å². The Bertz CT molecular complexity index is 211. The van der Waals surface area contributed by atoms with E-state index in [9.17, 15) is 17.4 Å². The fourth-order valence-electron chi connectivity index (χ4n) is 0.599. The summed E-state index contributed by atoms with van der Waals surface area (Å²) < 4.78 is 42.3. The molecule has 0 atom stereocenters. The quantitative estimate of drug-likeness (QED) is 0.616. The van der Waals surface area contributed by atoms with E-state index in [0.29, 0.717) is 0 Å². The fraction of sp³-hybridized carbons (Fsp3) is 0.833. The maximum atomic E-state index is 10.6. The fourth-order valence-corrected chi connectivity index (χ4v) is 1.55. The first kappa shape index (κ1) is 13.4. The van der Waals surface area contributed by atoms with E-state index >= 15 is 0 Å². The second kappa shape index (κ2) is 5.97. The molecule has 0 aliphatic carbocycles. The summed E-state index contributed by atoms with van der Waals surface area (Å²) in [7, 11) is -0.503. The molecule has 0 aromatic rings. The third-order valence-electron chi connectivity index (χ3n) is 1.26. The lowest BCUT2D eigenvalue weighted by Gasteiger charge is -2.09. The summed E-state index contributed by atoms with van der Waals surface area (Å²) in [4.78, 5) is 8.90. The minimum atomic E-state index is -5.08. The molecule has 0 radical (unpaired) electrons. The van der Waals surface area contributed by atoms with Gasteiger partial charge in [0.25, 0.3) is 0 Å². The van der Waals surface area contributed by atoms with Gasteiger partial charge in [-0.15, -0.1) is 0 Å². The van der Waals surface area contributed by atoms with Crippen molar-refractivity contribution in [3.63, 3.8) is 0 Å². The van der Waals surface area contributed by atoms with Gasteiger partial charge in [0.1, 0.15) is 0 Å². The first-order valence-electron chi connectivity index (χ1n) is 3.70. The van der Waals surface area contributed by atoms with Crippen LogP contribution in [0.5, 0.6) is 0 Å². The molecule has 0 aromatic heterocycles. The maximum absolute atomic E-state index is 10.6. The summed E-state index contributed by atoms with van der Waals surface area (Å²) in [6.45, 7) is 1.87. The lowest BCUT2D eigenvalue weighted by Crippen LogP contribution is -2.32. The van der Waals surface area contributed by atoms with E-state index in [-0.39, 0.29) is 0 Å². The number of alkyl halides is 3. The molecule has 1 heterocycles. The Morgan fingerprint density at radius 3 is 1.79 bits per heavy atom. The van der Waals surface area contributed by atoms with Crippen molar-refractivity contribution in [3.8, 4) is 0 Å². The van der Waals surface area contributed by atoms with Gasteiger partial charge in [-0.1, -0.05) is 0 Å². The number of carbonyl (C=O) groups is 1. The van der Waals surface area contributed by atoms with Crippen LogP contribution in [0.1, 0.15) is 0 Å². The van der Waals surface area contributed by atoms with Crippen molar-refractivity contribution in [1.82, 2.24) is 5.32 Å². The number of aliphatic carboxylic acids is 1. The van der Waals surface area contributed by atoms with Crippen LogP contribution < -0.4 is 5.32 Å². The van der Waals surface area contributed by atoms with Gasteiger partial charge in [-0.25, -0.2) is 4.79 Å². The Labute approximate surface area is 80.9 Å². The molecule has 1 fully saturated rings. The lowest BCUT2D eigenvalue weighted by molar-refractivity contribution is -0.192. The van der Waals surface area contributed by atoms with Gasteiger partial charge in [0, 0.05) is 35.4 Å². The van der Waals surface area contributed by atoms with Crippen molar-refractivity contribution < 1.29 is 27.3 Å². The monoisotopic (exact) mass is 233 g/mol. The van der Waals surface area contributed by atoms with Crippen molar-refractivity contribution >= 4 is 16.8 Å². The SMILES string of the molecule is O=C(O)C(F)(F)F.O=S1CCNCC1. The van der Waals surface area contributed by atoms with E-state index in [1.807, 2.05) is 0 Å². The predicted octanol–water partition coefficient (Wildman–Crippen LogP) is -0.0284. The molecule has 8 heteroatoms. The molecule has 0 unspecified atom stereocenters. The van der Waals surface area contributed by atoms with Crippen molar-refractivity contribution in [1.29, 1.82) is 0 Å². The van der Waals surface area contributed by atoms with Gasteiger partial charge < -0.3 is 10.4 Å². The second-order valence-electron chi connectivity index (χ2n) is 2.40. The van der Waals surface area contributed by atoms with Gasteiger partial charge in [-0.2, -0.15) is 13.2 Å². The molecule has 1 rings (SSSR count). The van der Waals surface area contributed by atoms with Crippen LogP contribution in [-0.4, -0.2) is 46.1 Å². The van der Waals surface area contributed by atoms with Crippen molar-refractivity contribution in [2.24, 2.45) is 0 Å². The lowest BCUT2D eigenvalue weighted by atomic mass is 10.6. The zero-order chi connectivity index (χ0) is 11.2. The Balaban J connectivity index is 0.000000241. The molecule has 0 amide bonds. The molecule has 84 valence electrons. The number of rotatable bonds is 0. The highest BCUT2D eigenvalue weighted by molar-refractivity contribution is 7.85. The highest BCUT2D eigenvalue weighted by Gasteiger charge is 2.38. The average Bonchev–Trinajstić information content (AvgIpc) is 2.04. The Morgan fingerprint density at radius 1 is 1.29 bits per heavy atom. The van der Waals surface area contributed by atoms with E-state index in [4.69, 9.17) is 9.90 Å². The van der Waals surface area contributed by atoms with Crippen molar-refractivity contribution in [2.75, 3.05) is 24.6 Å². The molecule has 14 heavy (non-hydrogen) atoms. The summed E-state index contributed by atoms with van der Waals surface area (Å²) in [5.74, 6) is -1.06. The van der Waals surface area contributed by atoms with Crippen LogP contribution in [-0.2, 0) is 15.6 Å². The number of hydrogen-bond donors (Lipinski definition) is 2. The molecule has 0 saturated carbocycles. The highest BCUT2D eigenvalue weighted by atomic mass is 32.2. The number of nitrogens with one attached hydrogen (secondary N) is 1. The van der Waals surface area contributed by atoms with E-state index < -0.39 is 22.9 Å². The van der Waals surface area contributed by atoms with Gasteiger partial charge >= 0.3 is 12.1 Å². The average molecular weight is 233 g/mol. The summed E-state index contributed by atoms with van der Waals surface area (Å²) >= 11 is 0. The Kier molecular flexibility index (Phi) is 5.70. The first-order valence-corrected chi connectivity index (χ1v) is 5.18. The van der Waals surface area contributed by atoms with E-state index in [1.165, 1.54) is 0 Å². The zero-order valence-corrected chi connectivity index (χ0v) is 7.95. The van der Waals surface area contributed by atoms with E-state index in [2.05, 4.69) is 5.32 Å². The molecule has 0 bridgehead atoms. The van der Waals surface area contributed by atoms with Crippen LogP contribution in [0.15, 0.2) is 0 Å². The number of carboxylic acids is 1. The number of carboxylic acid groups (broad SMARTS) is 1. The third-order valence-corrected chi connectivity index (χ3v) is 2.57. The first-order chi connectivity index (χ1) is 6.34. The van der Waals surface area contributed by atoms with Gasteiger partial charge in [-0.3, -0.25) is 4.21 Å². The number of hydrogen-bond acceptors (Lipinski definition) is 3. The van der Waals surface area contributed by atoms with Crippen LogP contribution >= 0.6 is 0 Å². The Morgan fingerprint density at radius 2 is 1.64 bits per heavy atom. The predicted molar refractivity (Wildman–Crippen MR) is 44.4 cm³/mol. The third kappa shape index (κ3) is 6.84. The van der Waals surface area contributed by atoms with Crippen molar-refractivity contribution in [2.45, 2.75) is 6.18 Å². The van der Waals surface area contributed by atoms with Crippen LogP contribution in [0.4, 0.5) is 13.2 Å². The second-order valence-corrected chi connectivity index (χ2v) is 4.10. The van der Waals surface area contributed by atoms with Crippen molar-refractivity contribution in [3.05, 3.63) is 0 Å². The van der Waals surface area contributed by atoms with Gasteiger partial charge in [0.2, 0.25) is 0 Å². The largest absolute Gasteiger partial charge is 0.490 e. The molecule has 0 spiro atoms. The normalized spacial score (nSPS) is 18.2. The number of halogens is 3. The van der Waals surface area contributed by atoms with Crippen LogP contribution in [0.2, 0.25) is 0 Å².